The average molecular weight is 359 g/mol. The maximum absolute atomic E-state index is 13.1. The van der Waals surface area contributed by atoms with Crippen LogP contribution in [0.4, 0.5) is 4.79 Å². The lowest BCUT2D eigenvalue weighted by Gasteiger charge is -2.39. The summed E-state index contributed by atoms with van der Waals surface area (Å²) in [6, 6.07) is 5.89. The Bertz CT molecular complexity index is 692. The summed E-state index contributed by atoms with van der Waals surface area (Å²) in [4.78, 5) is 27.5. The summed E-state index contributed by atoms with van der Waals surface area (Å²) in [5.41, 5.74) is 1.21. The molecule has 0 radical (unpaired) electrons. The van der Waals surface area contributed by atoms with Gasteiger partial charge in [0.1, 0.15) is 11.4 Å². The van der Waals surface area contributed by atoms with Gasteiger partial charge in [-0.1, -0.05) is 6.07 Å². The number of carbonyl (C=O) groups is 2. The first-order valence-corrected chi connectivity index (χ1v) is 9.40. The van der Waals surface area contributed by atoms with Crippen LogP contribution < -0.4 is 4.74 Å². The van der Waals surface area contributed by atoms with Crippen molar-refractivity contribution < 1.29 is 19.1 Å². The van der Waals surface area contributed by atoms with Gasteiger partial charge in [-0.25, -0.2) is 4.79 Å². The van der Waals surface area contributed by atoms with E-state index in [1.807, 2.05) is 50.8 Å². The fourth-order valence-electron chi connectivity index (χ4n) is 4.23. The van der Waals surface area contributed by atoms with Crippen molar-refractivity contribution in [2.45, 2.75) is 71.1 Å². The largest absolute Gasteiger partial charge is 0.496 e. The molecule has 3 rings (SSSR count). The number of amides is 1. The Kier molecular flexibility index (Phi) is 5.00. The van der Waals surface area contributed by atoms with Crippen molar-refractivity contribution in [3.63, 3.8) is 0 Å². The van der Waals surface area contributed by atoms with E-state index >= 15 is 0 Å². The molecule has 0 aliphatic carbocycles. The minimum absolute atomic E-state index is 0.0669. The molecule has 2 bridgehead atoms. The number of ether oxygens (including phenoxy) is 2. The molecule has 2 heterocycles. The Balaban J connectivity index is 1.75. The molecule has 2 unspecified atom stereocenters. The van der Waals surface area contributed by atoms with Crippen LogP contribution in [0.25, 0.3) is 0 Å². The van der Waals surface area contributed by atoms with Gasteiger partial charge in [0.2, 0.25) is 0 Å². The Hall–Kier alpha value is -2.04. The molecule has 1 amide bonds. The van der Waals surface area contributed by atoms with Gasteiger partial charge in [0.05, 0.1) is 12.7 Å². The zero-order chi connectivity index (χ0) is 19.1. The second kappa shape index (κ2) is 6.93. The monoisotopic (exact) mass is 359 g/mol. The summed E-state index contributed by atoms with van der Waals surface area (Å²) in [5.74, 6) is 0.697. The molecule has 2 aliphatic heterocycles. The van der Waals surface area contributed by atoms with Gasteiger partial charge in [-0.15, -0.1) is 0 Å². The third-order valence-corrected chi connectivity index (χ3v) is 5.33. The minimum atomic E-state index is -0.502. The summed E-state index contributed by atoms with van der Waals surface area (Å²) >= 11 is 0. The number of Topliss-reactive ketones (excluding diaryl/α,β-unsaturated/α-hetero) is 1. The van der Waals surface area contributed by atoms with Crippen molar-refractivity contribution in [3.05, 3.63) is 29.3 Å². The van der Waals surface area contributed by atoms with E-state index in [0.29, 0.717) is 24.2 Å². The first kappa shape index (κ1) is 18.7. The molecule has 2 aliphatic rings. The van der Waals surface area contributed by atoms with Crippen LogP contribution >= 0.6 is 0 Å². The second-order valence-corrected chi connectivity index (χ2v) is 8.51. The highest BCUT2D eigenvalue weighted by Gasteiger charge is 2.46. The quantitative estimate of drug-likeness (QED) is 0.752. The number of methoxy groups -OCH3 is 1. The predicted octanol–water partition coefficient (Wildman–Crippen LogP) is 4.36. The number of hydrogen-bond donors (Lipinski definition) is 0. The Morgan fingerprint density at radius 3 is 2.27 bits per heavy atom. The summed E-state index contributed by atoms with van der Waals surface area (Å²) < 4.78 is 11.0. The third kappa shape index (κ3) is 3.71. The fourth-order valence-corrected chi connectivity index (χ4v) is 4.23. The molecule has 5 heteroatoms. The second-order valence-electron chi connectivity index (χ2n) is 8.51. The van der Waals surface area contributed by atoms with E-state index in [-0.39, 0.29) is 29.9 Å². The van der Waals surface area contributed by atoms with Crippen LogP contribution in [0.1, 0.15) is 62.4 Å². The molecule has 0 spiro atoms. The van der Waals surface area contributed by atoms with Gasteiger partial charge in [-0.3, -0.25) is 4.79 Å². The van der Waals surface area contributed by atoms with Gasteiger partial charge in [0.15, 0.2) is 5.78 Å². The number of benzene rings is 1. The van der Waals surface area contributed by atoms with Gasteiger partial charge in [-0.05, 0) is 71.1 Å². The normalized spacial score (nSPS) is 25.1. The number of hydrogen-bond acceptors (Lipinski definition) is 4. The first-order valence-electron chi connectivity index (χ1n) is 9.40. The molecule has 26 heavy (non-hydrogen) atoms. The fraction of sp³-hybridized carbons (Fsp3) is 0.619. The van der Waals surface area contributed by atoms with E-state index in [4.69, 9.17) is 9.47 Å². The van der Waals surface area contributed by atoms with E-state index in [1.54, 1.807) is 7.11 Å². The lowest BCUT2D eigenvalue weighted by molar-refractivity contribution is 0.00252. The van der Waals surface area contributed by atoms with Crippen LogP contribution in [-0.2, 0) is 4.74 Å². The van der Waals surface area contributed by atoms with E-state index in [9.17, 15) is 9.59 Å². The standard InChI is InChI=1S/C21H29NO4/c1-13-6-9-17(18(10-13)25-5)19(23)14-11-15-7-8-16(12-14)22(15)20(24)26-21(2,3)4/h6,9-10,14-16H,7-8,11-12H2,1-5H3. The molecule has 2 atom stereocenters. The summed E-state index contributed by atoms with van der Waals surface area (Å²) in [5, 5.41) is 0. The summed E-state index contributed by atoms with van der Waals surface area (Å²) in [6.45, 7) is 7.63. The number of rotatable bonds is 3. The van der Waals surface area contributed by atoms with Crippen LogP contribution in [-0.4, -0.2) is 41.6 Å². The Morgan fingerprint density at radius 1 is 1.12 bits per heavy atom. The van der Waals surface area contributed by atoms with Crippen LogP contribution in [0.2, 0.25) is 0 Å². The lowest BCUT2D eigenvalue weighted by Crippen LogP contribution is -2.49. The molecule has 0 aromatic heterocycles. The molecular weight excluding hydrogens is 330 g/mol. The number of nitrogens with zero attached hydrogens (tertiary/aromatic N) is 1. The molecule has 142 valence electrons. The Morgan fingerprint density at radius 2 is 1.73 bits per heavy atom. The highest BCUT2D eigenvalue weighted by atomic mass is 16.6. The highest BCUT2D eigenvalue weighted by molar-refractivity contribution is 6.00. The summed E-state index contributed by atoms with van der Waals surface area (Å²) in [7, 11) is 1.60. The van der Waals surface area contributed by atoms with Crippen molar-refractivity contribution >= 4 is 11.9 Å². The number of carbonyl (C=O) groups excluding carboxylic acids is 2. The first-order chi connectivity index (χ1) is 12.2. The molecule has 0 saturated carbocycles. The topological polar surface area (TPSA) is 55.8 Å². The van der Waals surface area contributed by atoms with Crippen LogP contribution in [0, 0.1) is 12.8 Å². The highest BCUT2D eigenvalue weighted by Crippen LogP contribution is 2.41. The lowest BCUT2D eigenvalue weighted by atomic mass is 9.84. The van der Waals surface area contributed by atoms with Crippen molar-refractivity contribution in [2.24, 2.45) is 5.92 Å². The SMILES string of the molecule is COc1cc(C)ccc1C(=O)C1CC2CCC(C1)N2C(=O)OC(C)(C)C. The molecule has 2 saturated heterocycles. The third-order valence-electron chi connectivity index (χ3n) is 5.33. The van der Waals surface area contributed by atoms with E-state index in [2.05, 4.69) is 0 Å². The van der Waals surface area contributed by atoms with Gasteiger partial charge in [0.25, 0.3) is 0 Å². The summed E-state index contributed by atoms with van der Waals surface area (Å²) in [6.07, 6.45) is 3.04. The van der Waals surface area contributed by atoms with E-state index in [1.165, 1.54) is 0 Å². The van der Waals surface area contributed by atoms with Gasteiger partial charge < -0.3 is 14.4 Å². The number of ketones is 1. The van der Waals surface area contributed by atoms with Crippen molar-refractivity contribution in [1.82, 2.24) is 4.90 Å². The van der Waals surface area contributed by atoms with Gasteiger partial charge in [-0.2, -0.15) is 0 Å². The smallest absolute Gasteiger partial charge is 0.410 e. The van der Waals surface area contributed by atoms with Gasteiger partial charge in [0, 0.05) is 18.0 Å². The zero-order valence-corrected chi connectivity index (χ0v) is 16.4. The molecule has 1 aromatic rings. The van der Waals surface area contributed by atoms with Crippen LogP contribution in [0.3, 0.4) is 0 Å². The van der Waals surface area contributed by atoms with E-state index in [0.717, 1.165) is 18.4 Å². The number of fused-ring (bicyclic) bond motifs is 2. The Labute approximate surface area is 155 Å². The maximum atomic E-state index is 13.1. The molecule has 1 aromatic carbocycles. The average Bonchev–Trinajstić information content (AvgIpc) is 2.83. The minimum Gasteiger partial charge on any atom is -0.496 e. The van der Waals surface area contributed by atoms with Crippen molar-refractivity contribution in [1.29, 1.82) is 0 Å². The van der Waals surface area contributed by atoms with Crippen LogP contribution in [0.15, 0.2) is 18.2 Å². The maximum Gasteiger partial charge on any atom is 0.410 e. The van der Waals surface area contributed by atoms with Crippen molar-refractivity contribution in [2.75, 3.05) is 7.11 Å². The molecule has 2 fully saturated rings. The van der Waals surface area contributed by atoms with Crippen molar-refractivity contribution in [3.8, 4) is 5.75 Å². The number of piperidine rings is 1. The molecule has 5 nitrogen and oxygen atoms in total. The van der Waals surface area contributed by atoms with E-state index < -0.39 is 5.60 Å². The predicted molar refractivity (Wildman–Crippen MR) is 99.7 cm³/mol. The van der Waals surface area contributed by atoms with Gasteiger partial charge >= 0.3 is 6.09 Å². The number of aryl methyl sites for hydroxylation is 1. The molecular formula is C21H29NO4. The van der Waals surface area contributed by atoms with Crippen LogP contribution in [0.5, 0.6) is 5.75 Å². The zero-order valence-electron chi connectivity index (χ0n) is 16.4. The molecule has 0 N–H and O–H groups in total.